The van der Waals surface area contributed by atoms with Gasteiger partial charge in [0.25, 0.3) is 0 Å². The molecule has 2 aliphatic heterocycles. The number of anilines is 1. The molecule has 24 heavy (non-hydrogen) atoms. The van der Waals surface area contributed by atoms with Gasteiger partial charge in [-0.25, -0.2) is 9.97 Å². The minimum absolute atomic E-state index is 0.114. The lowest BCUT2D eigenvalue weighted by Crippen LogP contribution is -2.34. The standard InChI is InChI=1S/C18H28N4O2/c1-2-4-13(3-1)17-21-16-6-8-19-7-5-15(16)18(22-17)20-11-14-12-23-9-10-24-14/h13-14,19H,1-12H2,(H,20,21,22)/t14-/m0/s1. The molecule has 1 aromatic rings. The van der Waals surface area contributed by atoms with E-state index in [9.17, 15) is 0 Å². The number of nitrogens with one attached hydrogen (secondary N) is 2. The summed E-state index contributed by atoms with van der Waals surface area (Å²) >= 11 is 0. The van der Waals surface area contributed by atoms with Crippen molar-refractivity contribution in [2.45, 2.75) is 50.5 Å². The molecule has 0 bridgehead atoms. The van der Waals surface area contributed by atoms with Crippen LogP contribution in [0.1, 0.15) is 48.7 Å². The van der Waals surface area contributed by atoms with Gasteiger partial charge in [-0.15, -0.1) is 0 Å². The molecule has 1 aromatic heterocycles. The quantitative estimate of drug-likeness (QED) is 0.874. The van der Waals surface area contributed by atoms with E-state index >= 15 is 0 Å². The maximum atomic E-state index is 5.76. The molecule has 0 aromatic carbocycles. The summed E-state index contributed by atoms with van der Waals surface area (Å²) < 4.78 is 11.3. The van der Waals surface area contributed by atoms with Crippen LogP contribution in [0.5, 0.6) is 0 Å². The minimum Gasteiger partial charge on any atom is -0.376 e. The van der Waals surface area contributed by atoms with Crippen molar-refractivity contribution in [3.8, 4) is 0 Å². The lowest BCUT2D eigenvalue weighted by Gasteiger charge is -2.24. The third-order valence-electron chi connectivity index (χ3n) is 5.30. The number of rotatable bonds is 4. The van der Waals surface area contributed by atoms with E-state index in [-0.39, 0.29) is 6.10 Å². The van der Waals surface area contributed by atoms with Gasteiger partial charge in [0.2, 0.25) is 0 Å². The number of hydrogen-bond donors (Lipinski definition) is 2. The molecule has 2 N–H and O–H groups in total. The molecule has 132 valence electrons. The summed E-state index contributed by atoms with van der Waals surface area (Å²) in [5.74, 6) is 2.62. The van der Waals surface area contributed by atoms with Crippen LogP contribution in [0.25, 0.3) is 0 Å². The Morgan fingerprint density at radius 2 is 1.96 bits per heavy atom. The molecule has 0 unspecified atom stereocenters. The summed E-state index contributed by atoms with van der Waals surface area (Å²) in [4.78, 5) is 9.91. The Morgan fingerprint density at radius 1 is 1.08 bits per heavy atom. The largest absolute Gasteiger partial charge is 0.376 e. The van der Waals surface area contributed by atoms with E-state index in [2.05, 4.69) is 10.6 Å². The molecule has 1 aliphatic carbocycles. The van der Waals surface area contributed by atoms with Gasteiger partial charge in [0.05, 0.1) is 31.6 Å². The Hall–Kier alpha value is -1.24. The zero-order chi connectivity index (χ0) is 16.2. The predicted molar refractivity (Wildman–Crippen MR) is 92.6 cm³/mol. The second-order valence-electron chi connectivity index (χ2n) is 7.04. The van der Waals surface area contributed by atoms with Gasteiger partial charge in [-0.2, -0.15) is 0 Å². The number of nitrogens with zero attached hydrogens (tertiary/aromatic N) is 2. The molecule has 0 amide bonds. The van der Waals surface area contributed by atoms with Crippen molar-refractivity contribution in [3.63, 3.8) is 0 Å². The van der Waals surface area contributed by atoms with E-state index in [1.165, 1.54) is 36.9 Å². The second kappa shape index (κ2) is 7.76. The minimum atomic E-state index is 0.114. The molecule has 4 rings (SSSR count). The highest BCUT2D eigenvalue weighted by Crippen LogP contribution is 2.34. The summed E-state index contributed by atoms with van der Waals surface area (Å²) in [6.45, 7) is 4.81. The van der Waals surface area contributed by atoms with E-state index in [1.54, 1.807) is 0 Å². The molecular weight excluding hydrogens is 304 g/mol. The number of aromatic nitrogens is 2. The van der Waals surface area contributed by atoms with Gasteiger partial charge < -0.3 is 20.1 Å². The van der Waals surface area contributed by atoms with Crippen molar-refractivity contribution >= 4 is 5.82 Å². The smallest absolute Gasteiger partial charge is 0.134 e. The first-order valence-corrected chi connectivity index (χ1v) is 9.44. The van der Waals surface area contributed by atoms with Crippen molar-refractivity contribution in [2.75, 3.05) is 44.8 Å². The molecular formula is C18H28N4O2. The summed E-state index contributed by atoms with van der Waals surface area (Å²) in [5, 5.41) is 7.03. The van der Waals surface area contributed by atoms with Crippen LogP contribution in [0.3, 0.4) is 0 Å². The van der Waals surface area contributed by atoms with Gasteiger partial charge in [0, 0.05) is 31.0 Å². The maximum Gasteiger partial charge on any atom is 0.134 e. The summed E-state index contributed by atoms with van der Waals surface area (Å²) in [7, 11) is 0. The Kier molecular flexibility index (Phi) is 5.25. The van der Waals surface area contributed by atoms with E-state index in [4.69, 9.17) is 19.4 Å². The summed E-state index contributed by atoms with van der Waals surface area (Å²) in [6, 6.07) is 0. The van der Waals surface area contributed by atoms with E-state index in [1.807, 2.05) is 0 Å². The fraction of sp³-hybridized carbons (Fsp3) is 0.778. The van der Waals surface area contributed by atoms with Crippen LogP contribution in [0.2, 0.25) is 0 Å². The van der Waals surface area contributed by atoms with Crippen LogP contribution in [-0.4, -0.2) is 55.5 Å². The van der Waals surface area contributed by atoms with Gasteiger partial charge in [0.1, 0.15) is 11.6 Å². The van der Waals surface area contributed by atoms with Crippen LogP contribution in [0.4, 0.5) is 5.82 Å². The Balaban J connectivity index is 1.56. The van der Waals surface area contributed by atoms with Crippen molar-refractivity contribution in [3.05, 3.63) is 17.1 Å². The maximum absolute atomic E-state index is 5.76. The fourth-order valence-electron chi connectivity index (χ4n) is 3.94. The van der Waals surface area contributed by atoms with Crippen LogP contribution in [-0.2, 0) is 22.3 Å². The highest BCUT2D eigenvalue weighted by atomic mass is 16.6. The number of fused-ring (bicyclic) bond motifs is 1. The number of ether oxygens (including phenoxy) is 2. The molecule has 0 spiro atoms. The second-order valence-corrected chi connectivity index (χ2v) is 7.04. The average Bonchev–Trinajstić information content (AvgIpc) is 3.06. The number of hydrogen-bond acceptors (Lipinski definition) is 6. The van der Waals surface area contributed by atoms with Gasteiger partial charge >= 0.3 is 0 Å². The van der Waals surface area contributed by atoms with Crippen molar-refractivity contribution in [1.82, 2.24) is 15.3 Å². The SMILES string of the molecule is C1CCC(c2nc3c(c(NC[C@H]4COCCO4)n2)CCNCC3)C1. The van der Waals surface area contributed by atoms with Crippen LogP contribution < -0.4 is 10.6 Å². The van der Waals surface area contributed by atoms with E-state index in [0.717, 1.165) is 44.1 Å². The van der Waals surface area contributed by atoms with Crippen LogP contribution in [0.15, 0.2) is 0 Å². The van der Waals surface area contributed by atoms with Gasteiger partial charge in [-0.3, -0.25) is 0 Å². The fourth-order valence-corrected chi connectivity index (χ4v) is 3.94. The zero-order valence-corrected chi connectivity index (χ0v) is 14.4. The van der Waals surface area contributed by atoms with E-state index < -0.39 is 0 Å². The Labute approximate surface area is 143 Å². The Morgan fingerprint density at radius 3 is 2.79 bits per heavy atom. The zero-order valence-electron chi connectivity index (χ0n) is 14.4. The van der Waals surface area contributed by atoms with Gasteiger partial charge in [-0.05, 0) is 25.8 Å². The van der Waals surface area contributed by atoms with Crippen LogP contribution in [0, 0.1) is 0 Å². The first-order valence-electron chi connectivity index (χ1n) is 9.44. The third-order valence-corrected chi connectivity index (χ3v) is 5.30. The lowest BCUT2D eigenvalue weighted by atomic mass is 10.0. The highest BCUT2D eigenvalue weighted by molar-refractivity contribution is 5.48. The monoisotopic (exact) mass is 332 g/mol. The summed E-state index contributed by atoms with van der Waals surface area (Å²) in [6.07, 6.45) is 7.18. The molecule has 2 fully saturated rings. The molecule has 3 aliphatic rings. The molecule has 0 radical (unpaired) electrons. The predicted octanol–water partition coefficient (Wildman–Crippen LogP) is 1.65. The van der Waals surface area contributed by atoms with Crippen molar-refractivity contribution < 1.29 is 9.47 Å². The van der Waals surface area contributed by atoms with Gasteiger partial charge in [0.15, 0.2) is 0 Å². The average molecular weight is 332 g/mol. The molecule has 3 heterocycles. The normalized spacial score (nSPS) is 25.2. The first kappa shape index (κ1) is 16.2. The summed E-state index contributed by atoms with van der Waals surface area (Å²) in [5.41, 5.74) is 2.53. The lowest BCUT2D eigenvalue weighted by molar-refractivity contribution is -0.0819. The van der Waals surface area contributed by atoms with Gasteiger partial charge in [-0.1, -0.05) is 12.8 Å². The molecule has 1 saturated heterocycles. The van der Waals surface area contributed by atoms with Crippen molar-refractivity contribution in [2.24, 2.45) is 0 Å². The Bertz CT molecular complexity index is 554. The van der Waals surface area contributed by atoms with Crippen LogP contribution >= 0.6 is 0 Å². The molecule has 1 atom stereocenters. The first-order chi connectivity index (χ1) is 11.9. The van der Waals surface area contributed by atoms with Crippen molar-refractivity contribution in [1.29, 1.82) is 0 Å². The molecule has 1 saturated carbocycles. The third kappa shape index (κ3) is 3.71. The highest BCUT2D eigenvalue weighted by Gasteiger charge is 2.24. The van der Waals surface area contributed by atoms with E-state index in [0.29, 0.717) is 25.7 Å². The topological polar surface area (TPSA) is 68.3 Å². The molecule has 6 heteroatoms. The molecule has 6 nitrogen and oxygen atoms in total.